The molecule has 0 aliphatic heterocycles. The molecule has 0 spiro atoms. The lowest BCUT2D eigenvalue weighted by Crippen LogP contribution is -1.93. The maximum absolute atomic E-state index is 8.56. The van der Waals surface area contributed by atoms with Gasteiger partial charge in [0.25, 0.3) is 0 Å². The molecule has 3 nitrogen and oxygen atoms in total. The lowest BCUT2D eigenvalue weighted by molar-refractivity contribution is 1.01. The van der Waals surface area contributed by atoms with E-state index >= 15 is 0 Å². The van der Waals surface area contributed by atoms with E-state index in [4.69, 9.17) is 5.26 Å². The molecule has 0 unspecified atom stereocenters. The Hall–Kier alpha value is -2.08. The molecule has 2 rings (SSSR count). The van der Waals surface area contributed by atoms with Gasteiger partial charge in [-0.05, 0) is 24.3 Å². The molecule has 0 amide bonds. The van der Waals surface area contributed by atoms with Crippen molar-refractivity contribution in [1.82, 2.24) is 9.55 Å². The van der Waals surface area contributed by atoms with Gasteiger partial charge in [0.05, 0.1) is 5.56 Å². The Morgan fingerprint density at radius 2 is 2.00 bits per heavy atom. The van der Waals surface area contributed by atoms with Crippen molar-refractivity contribution in [2.45, 2.75) is 0 Å². The van der Waals surface area contributed by atoms with E-state index in [2.05, 4.69) is 4.98 Å². The van der Waals surface area contributed by atoms with Crippen LogP contribution in [0.4, 0.5) is 0 Å². The summed E-state index contributed by atoms with van der Waals surface area (Å²) in [7, 11) is 0. The van der Waals surface area contributed by atoms with E-state index in [1.807, 2.05) is 41.2 Å². The summed E-state index contributed by atoms with van der Waals surface area (Å²) < 4.78 is 1.89. The average molecular weight is 169 g/mol. The minimum absolute atomic E-state index is 0.580. The minimum atomic E-state index is 0.580. The summed E-state index contributed by atoms with van der Waals surface area (Å²) in [6.45, 7) is 0. The van der Waals surface area contributed by atoms with Crippen molar-refractivity contribution in [2.75, 3.05) is 0 Å². The van der Waals surface area contributed by atoms with Crippen LogP contribution in [0.3, 0.4) is 0 Å². The van der Waals surface area contributed by atoms with Crippen molar-refractivity contribution in [3.63, 3.8) is 0 Å². The molecule has 0 aliphatic carbocycles. The molecule has 0 saturated carbocycles. The highest BCUT2D eigenvalue weighted by atomic mass is 15.0. The maximum atomic E-state index is 8.56. The third-order valence-electron chi connectivity index (χ3n) is 1.75. The summed E-state index contributed by atoms with van der Waals surface area (Å²) in [6.07, 6.45) is 5.39. The van der Waals surface area contributed by atoms with E-state index in [1.165, 1.54) is 0 Å². The molecule has 0 aromatic carbocycles. The predicted molar refractivity (Wildman–Crippen MR) is 48.3 cm³/mol. The van der Waals surface area contributed by atoms with Crippen LogP contribution >= 0.6 is 0 Å². The molecule has 0 radical (unpaired) electrons. The Labute approximate surface area is 75.9 Å². The normalized spacial score (nSPS) is 9.46. The molecule has 3 heteroatoms. The number of hydrogen-bond donors (Lipinski definition) is 0. The van der Waals surface area contributed by atoms with Crippen molar-refractivity contribution in [1.29, 1.82) is 5.26 Å². The van der Waals surface area contributed by atoms with Gasteiger partial charge in [-0.1, -0.05) is 0 Å². The Kier molecular flexibility index (Phi) is 1.81. The number of nitriles is 1. The highest BCUT2D eigenvalue weighted by Crippen LogP contribution is 2.04. The summed E-state index contributed by atoms with van der Waals surface area (Å²) in [6, 6.07) is 9.46. The van der Waals surface area contributed by atoms with E-state index in [0.29, 0.717) is 5.56 Å². The van der Waals surface area contributed by atoms with Crippen molar-refractivity contribution in [3.8, 4) is 11.9 Å². The predicted octanol–water partition coefficient (Wildman–Crippen LogP) is 1.74. The molecule has 0 N–H and O–H groups in total. The quantitative estimate of drug-likeness (QED) is 0.652. The first-order chi connectivity index (χ1) is 6.40. The van der Waals surface area contributed by atoms with Gasteiger partial charge in [0.1, 0.15) is 11.9 Å². The van der Waals surface area contributed by atoms with Crippen LogP contribution in [0.5, 0.6) is 0 Å². The highest BCUT2D eigenvalue weighted by molar-refractivity contribution is 5.32. The fraction of sp³-hybridized carbons (Fsp3) is 0. The lowest BCUT2D eigenvalue weighted by atomic mass is 10.3. The molecule has 13 heavy (non-hydrogen) atoms. The largest absolute Gasteiger partial charge is 0.309 e. The number of pyridine rings is 1. The zero-order chi connectivity index (χ0) is 9.10. The topological polar surface area (TPSA) is 41.6 Å². The van der Waals surface area contributed by atoms with Crippen LogP contribution in [0.1, 0.15) is 5.56 Å². The van der Waals surface area contributed by atoms with Crippen molar-refractivity contribution in [2.24, 2.45) is 0 Å². The van der Waals surface area contributed by atoms with Crippen LogP contribution in [-0.4, -0.2) is 9.55 Å². The Balaban J connectivity index is 2.40. The second-order valence-corrected chi connectivity index (χ2v) is 2.61. The molecular formula is C10H7N3. The van der Waals surface area contributed by atoms with E-state index in [1.54, 1.807) is 12.3 Å². The van der Waals surface area contributed by atoms with Crippen LogP contribution < -0.4 is 0 Å². The number of nitrogens with zero attached hydrogens (tertiary/aromatic N) is 3. The fourth-order valence-corrected chi connectivity index (χ4v) is 1.09. The van der Waals surface area contributed by atoms with Crippen LogP contribution in [0.15, 0.2) is 42.9 Å². The van der Waals surface area contributed by atoms with Gasteiger partial charge in [-0.15, -0.1) is 0 Å². The summed E-state index contributed by atoms with van der Waals surface area (Å²) >= 11 is 0. The third-order valence-corrected chi connectivity index (χ3v) is 1.75. The summed E-state index contributed by atoms with van der Waals surface area (Å²) in [5, 5.41) is 8.56. The lowest BCUT2D eigenvalue weighted by Gasteiger charge is -1.99. The van der Waals surface area contributed by atoms with Gasteiger partial charge in [0, 0.05) is 18.6 Å². The first kappa shape index (κ1) is 7.56. The number of hydrogen-bond acceptors (Lipinski definition) is 2. The van der Waals surface area contributed by atoms with Gasteiger partial charge in [-0.2, -0.15) is 5.26 Å². The van der Waals surface area contributed by atoms with Crippen LogP contribution in [-0.2, 0) is 0 Å². The van der Waals surface area contributed by atoms with E-state index in [9.17, 15) is 0 Å². The maximum Gasteiger partial charge on any atom is 0.136 e. The van der Waals surface area contributed by atoms with Crippen LogP contribution in [0.25, 0.3) is 5.82 Å². The average Bonchev–Trinajstić information content (AvgIpc) is 2.71. The zero-order valence-electron chi connectivity index (χ0n) is 6.88. The minimum Gasteiger partial charge on any atom is -0.309 e. The zero-order valence-corrected chi connectivity index (χ0v) is 6.88. The molecule has 0 bridgehead atoms. The highest BCUT2D eigenvalue weighted by Gasteiger charge is 1.95. The summed E-state index contributed by atoms with van der Waals surface area (Å²) in [5.74, 6) is 0.823. The smallest absolute Gasteiger partial charge is 0.136 e. The Morgan fingerprint density at radius 1 is 1.23 bits per heavy atom. The monoisotopic (exact) mass is 169 g/mol. The number of rotatable bonds is 1. The summed E-state index contributed by atoms with van der Waals surface area (Å²) in [4.78, 5) is 4.13. The van der Waals surface area contributed by atoms with Gasteiger partial charge in [-0.25, -0.2) is 4.98 Å². The van der Waals surface area contributed by atoms with Crippen molar-refractivity contribution in [3.05, 3.63) is 48.4 Å². The van der Waals surface area contributed by atoms with Gasteiger partial charge >= 0.3 is 0 Å². The van der Waals surface area contributed by atoms with Gasteiger partial charge in [-0.3, -0.25) is 0 Å². The van der Waals surface area contributed by atoms with Crippen molar-refractivity contribution >= 4 is 0 Å². The molecule has 2 heterocycles. The second-order valence-electron chi connectivity index (χ2n) is 2.61. The second kappa shape index (κ2) is 3.11. The standard InChI is InChI=1S/C10H7N3/c11-7-9-3-4-10(12-8-9)13-5-1-2-6-13/h1-6,8H. The molecule has 2 aromatic heterocycles. The van der Waals surface area contributed by atoms with E-state index in [0.717, 1.165) is 5.82 Å². The van der Waals surface area contributed by atoms with Crippen LogP contribution in [0, 0.1) is 11.3 Å². The van der Waals surface area contributed by atoms with Gasteiger partial charge in [0.2, 0.25) is 0 Å². The van der Waals surface area contributed by atoms with Crippen LogP contribution in [0.2, 0.25) is 0 Å². The van der Waals surface area contributed by atoms with Gasteiger partial charge < -0.3 is 4.57 Å². The third kappa shape index (κ3) is 1.42. The SMILES string of the molecule is N#Cc1ccc(-n2cccc2)nc1. The molecule has 0 saturated heterocycles. The van der Waals surface area contributed by atoms with Gasteiger partial charge in [0.15, 0.2) is 0 Å². The first-order valence-corrected chi connectivity index (χ1v) is 3.89. The number of aromatic nitrogens is 2. The van der Waals surface area contributed by atoms with E-state index < -0.39 is 0 Å². The molecule has 0 atom stereocenters. The molecule has 2 aromatic rings. The Morgan fingerprint density at radius 3 is 2.54 bits per heavy atom. The molecule has 62 valence electrons. The summed E-state index contributed by atoms with van der Waals surface area (Å²) in [5.41, 5.74) is 0.580. The van der Waals surface area contributed by atoms with Crippen molar-refractivity contribution < 1.29 is 0 Å². The fourth-order valence-electron chi connectivity index (χ4n) is 1.09. The Bertz CT molecular complexity index is 420. The molecule has 0 aliphatic rings. The van der Waals surface area contributed by atoms with E-state index in [-0.39, 0.29) is 0 Å². The first-order valence-electron chi connectivity index (χ1n) is 3.89. The molecular weight excluding hydrogens is 162 g/mol. The molecule has 0 fully saturated rings.